The number of fused-ring (bicyclic) bond motifs is 7. The maximum atomic E-state index is 11.6. The Morgan fingerprint density at radius 1 is 0.812 bits per heavy atom. The van der Waals surface area contributed by atoms with Gasteiger partial charge in [-0.25, -0.2) is 9.59 Å². The van der Waals surface area contributed by atoms with Crippen molar-refractivity contribution in [3.05, 3.63) is 35.4 Å². The van der Waals surface area contributed by atoms with E-state index in [0.29, 0.717) is 11.1 Å². The first-order valence-electron chi connectivity index (χ1n) is 5.10. The van der Waals surface area contributed by atoms with Gasteiger partial charge in [0.05, 0.1) is 11.1 Å². The molecule has 0 amide bonds. The van der Waals surface area contributed by atoms with Gasteiger partial charge in [-0.05, 0) is 38.1 Å². The number of carbonyl (C=O) groups excluding carboxylic acids is 2. The Kier molecular flexibility index (Phi) is 2.64. The van der Waals surface area contributed by atoms with Crippen LogP contribution in [0.2, 0.25) is 0 Å². The molecule has 4 nitrogen and oxygen atoms in total. The molecule has 0 aromatic heterocycles. The quantitative estimate of drug-likeness (QED) is 0.625. The highest BCUT2D eigenvalue weighted by atomic mass is 16.6. The predicted molar refractivity (Wildman–Crippen MR) is 56.2 cm³/mol. The zero-order valence-electron chi connectivity index (χ0n) is 9.10. The van der Waals surface area contributed by atoms with E-state index in [1.165, 1.54) is 0 Å². The van der Waals surface area contributed by atoms with Crippen LogP contribution in [0.4, 0.5) is 0 Å². The third-order valence-electron chi connectivity index (χ3n) is 2.60. The van der Waals surface area contributed by atoms with Crippen molar-refractivity contribution in [2.45, 2.75) is 26.1 Å². The van der Waals surface area contributed by atoms with Crippen LogP contribution in [0, 0.1) is 0 Å². The molecule has 2 bridgehead atoms. The van der Waals surface area contributed by atoms with Crippen LogP contribution >= 0.6 is 0 Å². The second-order valence-corrected chi connectivity index (χ2v) is 3.80. The molecule has 1 aromatic carbocycles. The van der Waals surface area contributed by atoms with E-state index in [1.54, 1.807) is 38.1 Å². The summed E-state index contributed by atoms with van der Waals surface area (Å²) in [6.45, 7) is 3.40. The Morgan fingerprint density at radius 3 is 1.44 bits per heavy atom. The number of esters is 2. The summed E-state index contributed by atoms with van der Waals surface area (Å²) in [7, 11) is 0. The van der Waals surface area contributed by atoms with E-state index in [2.05, 4.69) is 0 Å². The van der Waals surface area contributed by atoms with Gasteiger partial charge in [-0.3, -0.25) is 0 Å². The number of benzene rings is 1. The zero-order valence-corrected chi connectivity index (χ0v) is 9.10. The number of rotatable bonds is 0. The van der Waals surface area contributed by atoms with Gasteiger partial charge in [0, 0.05) is 0 Å². The standard InChI is InChI=1S/C12H12O4/c1-7-8(2)16-12(14)10-5-3-9(4-6-10)11(13)15-7/h3-8H,1-2H3. The SMILES string of the molecule is CC1OC(=O)c2ccc(cc2)C(=O)OC1C. The molecule has 0 radical (unpaired) electrons. The lowest BCUT2D eigenvalue weighted by Gasteiger charge is -2.22. The van der Waals surface area contributed by atoms with Gasteiger partial charge in [-0.1, -0.05) is 0 Å². The summed E-state index contributed by atoms with van der Waals surface area (Å²) in [5, 5.41) is 0. The van der Waals surface area contributed by atoms with Gasteiger partial charge in [0.1, 0.15) is 12.2 Å². The van der Waals surface area contributed by atoms with Crippen LogP contribution in [0.5, 0.6) is 0 Å². The molecule has 2 heterocycles. The van der Waals surface area contributed by atoms with Crippen LogP contribution in [-0.4, -0.2) is 24.1 Å². The van der Waals surface area contributed by atoms with Gasteiger partial charge in [0.2, 0.25) is 0 Å². The van der Waals surface area contributed by atoms with E-state index in [9.17, 15) is 9.59 Å². The van der Waals surface area contributed by atoms with Crippen molar-refractivity contribution >= 4 is 11.9 Å². The summed E-state index contributed by atoms with van der Waals surface area (Å²) in [5.74, 6) is -0.798. The van der Waals surface area contributed by atoms with Crippen LogP contribution in [0.3, 0.4) is 0 Å². The summed E-state index contributed by atoms with van der Waals surface area (Å²) in [6, 6.07) is 6.23. The van der Waals surface area contributed by atoms with Crippen LogP contribution in [0.1, 0.15) is 34.6 Å². The molecule has 16 heavy (non-hydrogen) atoms. The Morgan fingerprint density at radius 2 is 1.12 bits per heavy atom. The topological polar surface area (TPSA) is 52.6 Å². The Labute approximate surface area is 93.2 Å². The highest BCUT2D eigenvalue weighted by molar-refractivity contribution is 5.93. The Balaban J connectivity index is 2.41. The molecule has 3 rings (SSSR count). The molecule has 84 valence electrons. The molecule has 2 unspecified atom stereocenters. The molecule has 0 saturated heterocycles. The number of hydrogen-bond donors (Lipinski definition) is 0. The lowest BCUT2D eigenvalue weighted by Crippen LogP contribution is -2.31. The minimum Gasteiger partial charge on any atom is -0.455 e. The zero-order chi connectivity index (χ0) is 11.7. The van der Waals surface area contributed by atoms with Crippen LogP contribution in [-0.2, 0) is 9.47 Å². The lowest BCUT2D eigenvalue weighted by atomic mass is 10.1. The van der Waals surface area contributed by atoms with E-state index in [0.717, 1.165) is 0 Å². The minimum atomic E-state index is -0.453. The highest BCUT2D eigenvalue weighted by Crippen LogP contribution is 2.15. The van der Waals surface area contributed by atoms with E-state index in [1.807, 2.05) is 0 Å². The number of carbonyl (C=O) groups is 2. The largest absolute Gasteiger partial charge is 0.455 e. The second-order valence-electron chi connectivity index (χ2n) is 3.80. The fraction of sp³-hybridized carbons (Fsp3) is 0.333. The Hall–Kier alpha value is -1.84. The van der Waals surface area contributed by atoms with Crippen LogP contribution < -0.4 is 0 Å². The number of ether oxygens (including phenoxy) is 2. The maximum Gasteiger partial charge on any atom is 0.338 e. The summed E-state index contributed by atoms with van der Waals surface area (Å²) in [5.41, 5.74) is 0.884. The lowest BCUT2D eigenvalue weighted by molar-refractivity contribution is -0.0244. The van der Waals surface area contributed by atoms with Crippen molar-refractivity contribution in [1.29, 1.82) is 0 Å². The molecule has 0 fully saturated rings. The molecule has 4 heteroatoms. The monoisotopic (exact) mass is 220 g/mol. The molecule has 0 spiro atoms. The normalized spacial score (nSPS) is 24.9. The third-order valence-corrected chi connectivity index (χ3v) is 2.60. The van der Waals surface area contributed by atoms with Crippen molar-refractivity contribution in [3.63, 3.8) is 0 Å². The fourth-order valence-corrected chi connectivity index (χ4v) is 1.41. The predicted octanol–water partition coefficient (Wildman–Crippen LogP) is 1.79. The van der Waals surface area contributed by atoms with Gasteiger partial charge >= 0.3 is 11.9 Å². The molecular weight excluding hydrogens is 208 g/mol. The van der Waals surface area contributed by atoms with Crippen molar-refractivity contribution < 1.29 is 19.1 Å². The van der Waals surface area contributed by atoms with Gasteiger partial charge < -0.3 is 9.47 Å². The average Bonchev–Trinajstić information content (AvgIpc) is 2.28. The summed E-state index contributed by atoms with van der Waals surface area (Å²) in [4.78, 5) is 23.2. The first-order valence-corrected chi connectivity index (χ1v) is 5.10. The van der Waals surface area contributed by atoms with E-state index in [-0.39, 0.29) is 0 Å². The maximum absolute atomic E-state index is 11.6. The molecule has 2 aliphatic rings. The molecule has 2 atom stereocenters. The van der Waals surface area contributed by atoms with Crippen molar-refractivity contribution in [3.8, 4) is 0 Å². The molecule has 2 aliphatic heterocycles. The van der Waals surface area contributed by atoms with Crippen molar-refractivity contribution in [2.24, 2.45) is 0 Å². The third kappa shape index (κ3) is 1.91. The van der Waals surface area contributed by atoms with E-state index in [4.69, 9.17) is 9.47 Å². The van der Waals surface area contributed by atoms with Gasteiger partial charge in [0.15, 0.2) is 0 Å². The summed E-state index contributed by atoms with van der Waals surface area (Å²) in [6.07, 6.45) is -0.906. The molecule has 0 aliphatic carbocycles. The highest BCUT2D eigenvalue weighted by Gasteiger charge is 2.24. The fourth-order valence-electron chi connectivity index (χ4n) is 1.41. The molecule has 1 aromatic rings. The first kappa shape index (κ1) is 10.7. The average molecular weight is 220 g/mol. The van der Waals surface area contributed by atoms with Gasteiger partial charge in [-0.15, -0.1) is 0 Å². The smallest absolute Gasteiger partial charge is 0.338 e. The first-order chi connectivity index (χ1) is 7.58. The van der Waals surface area contributed by atoms with E-state index < -0.39 is 24.1 Å². The summed E-state index contributed by atoms with van der Waals surface area (Å²) >= 11 is 0. The minimum absolute atomic E-state index is 0.399. The number of hydrogen-bond acceptors (Lipinski definition) is 4. The second kappa shape index (κ2) is 3.96. The van der Waals surface area contributed by atoms with Crippen molar-refractivity contribution in [2.75, 3.05) is 0 Å². The van der Waals surface area contributed by atoms with E-state index >= 15 is 0 Å². The van der Waals surface area contributed by atoms with Crippen LogP contribution in [0.15, 0.2) is 24.3 Å². The van der Waals surface area contributed by atoms with Crippen LogP contribution in [0.25, 0.3) is 0 Å². The Bertz CT molecular complexity index is 380. The van der Waals surface area contributed by atoms with Crippen molar-refractivity contribution in [1.82, 2.24) is 0 Å². The summed E-state index contributed by atoms with van der Waals surface area (Å²) < 4.78 is 10.3. The van der Waals surface area contributed by atoms with Gasteiger partial charge in [-0.2, -0.15) is 0 Å². The molecule has 0 saturated carbocycles. The molecule has 0 N–H and O–H groups in total. The van der Waals surface area contributed by atoms with Gasteiger partial charge in [0.25, 0.3) is 0 Å². The molecular formula is C12H12O4.